The molecule has 1 aliphatic heterocycles. The van der Waals surface area contributed by atoms with Gasteiger partial charge in [-0.15, -0.1) is 0 Å². The van der Waals surface area contributed by atoms with Crippen molar-refractivity contribution in [3.05, 3.63) is 173 Å². The number of hydrogen-bond acceptors (Lipinski definition) is 8. The third-order valence-corrected chi connectivity index (χ3v) is 11.6. The fraction of sp³-hybridized carbons (Fsp3) is 0.227. The summed E-state index contributed by atoms with van der Waals surface area (Å²) in [6.07, 6.45) is 2.57. The predicted octanol–water partition coefficient (Wildman–Crippen LogP) is 9.00. The molecule has 0 unspecified atom stereocenters. The van der Waals surface area contributed by atoms with E-state index in [1.165, 1.54) is 12.1 Å². The SMILES string of the molecule is CCOP(=O)(CCN(Cc1ccccn1)C(=O)c1c2c(c(OC(c3ccccc3)c3ccccc3)c3ncccc13)C(=O)N(Cc1ccc(F)cc1)C2)OCC. The van der Waals surface area contributed by atoms with E-state index in [9.17, 15) is 13.8 Å². The fourth-order valence-electron chi connectivity index (χ4n) is 7.04. The van der Waals surface area contributed by atoms with Crippen LogP contribution in [-0.4, -0.2) is 57.5 Å². The monoisotopic (exact) mass is 772 g/mol. The number of ether oxygens (including phenoxy) is 1. The van der Waals surface area contributed by atoms with E-state index in [0.29, 0.717) is 22.2 Å². The van der Waals surface area contributed by atoms with Crippen molar-refractivity contribution in [3.63, 3.8) is 0 Å². The Morgan fingerprint density at radius 2 is 1.48 bits per heavy atom. The van der Waals surface area contributed by atoms with Crippen LogP contribution in [-0.2, 0) is 33.2 Å². The zero-order valence-corrected chi connectivity index (χ0v) is 32.1. The topological polar surface area (TPSA) is 111 Å². The molecule has 6 aromatic rings. The summed E-state index contributed by atoms with van der Waals surface area (Å²) in [6, 6.07) is 34.4. The number of rotatable bonds is 16. The molecular formula is C44H42FN4O6P. The molecule has 0 fully saturated rings. The van der Waals surface area contributed by atoms with Crippen molar-refractivity contribution >= 4 is 30.3 Å². The van der Waals surface area contributed by atoms with E-state index in [2.05, 4.69) is 4.98 Å². The van der Waals surface area contributed by atoms with Crippen LogP contribution < -0.4 is 4.74 Å². The van der Waals surface area contributed by atoms with Crippen molar-refractivity contribution in [3.8, 4) is 5.75 Å². The molecule has 7 rings (SSSR count). The molecule has 4 aromatic carbocycles. The van der Waals surface area contributed by atoms with Crippen LogP contribution in [0.2, 0.25) is 0 Å². The van der Waals surface area contributed by atoms with Gasteiger partial charge in [-0.2, -0.15) is 0 Å². The van der Waals surface area contributed by atoms with E-state index in [-0.39, 0.29) is 74.2 Å². The zero-order chi connectivity index (χ0) is 39.1. The van der Waals surface area contributed by atoms with Gasteiger partial charge in [0.1, 0.15) is 17.4 Å². The molecule has 0 saturated heterocycles. The maximum atomic E-state index is 15.2. The van der Waals surface area contributed by atoms with Crippen LogP contribution in [0, 0.1) is 5.82 Å². The van der Waals surface area contributed by atoms with Gasteiger partial charge in [0.2, 0.25) is 0 Å². The molecule has 0 N–H and O–H groups in total. The molecule has 2 aromatic heterocycles. The number of amides is 2. The maximum Gasteiger partial charge on any atom is 0.332 e. The molecule has 0 bridgehead atoms. The maximum absolute atomic E-state index is 15.2. The van der Waals surface area contributed by atoms with E-state index in [1.807, 2.05) is 72.8 Å². The average molecular weight is 773 g/mol. The van der Waals surface area contributed by atoms with Crippen LogP contribution in [0.3, 0.4) is 0 Å². The number of carbonyl (C=O) groups is 2. The van der Waals surface area contributed by atoms with Gasteiger partial charge in [0.25, 0.3) is 11.8 Å². The summed E-state index contributed by atoms with van der Waals surface area (Å²) in [5.41, 5.74) is 4.38. The highest BCUT2D eigenvalue weighted by Crippen LogP contribution is 2.48. The average Bonchev–Trinajstić information content (AvgIpc) is 3.54. The minimum absolute atomic E-state index is 0.0127. The molecule has 10 nitrogen and oxygen atoms in total. The second-order valence-electron chi connectivity index (χ2n) is 13.3. The van der Waals surface area contributed by atoms with Gasteiger partial charge >= 0.3 is 7.60 Å². The minimum atomic E-state index is -3.55. The largest absolute Gasteiger partial charge is 0.478 e. The number of carbonyl (C=O) groups excluding carboxylic acids is 2. The Bertz CT molecular complexity index is 2300. The Labute approximate surface area is 325 Å². The second kappa shape index (κ2) is 17.4. The first kappa shape index (κ1) is 38.5. The van der Waals surface area contributed by atoms with Gasteiger partial charge in [-0.1, -0.05) is 84.9 Å². The van der Waals surface area contributed by atoms with Crippen LogP contribution in [0.5, 0.6) is 5.75 Å². The molecule has 0 atom stereocenters. The van der Waals surface area contributed by atoms with Gasteiger partial charge in [0.05, 0.1) is 42.7 Å². The van der Waals surface area contributed by atoms with Gasteiger partial charge in [-0.25, -0.2) is 4.39 Å². The number of nitrogens with zero attached hydrogens (tertiary/aromatic N) is 4. The number of benzene rings is 4. The molecule has 0 saturated carbocycles. The lowest BCUT2D eigenvalue weighted by atomic mass is 9.94. The second-order valence-corrected chi connectivity index (χ2v) is 15.5. The van der Waals surface area contributed by atoms with Crippen molar-refractivity contribution < 1.29 is 32.3 Å². The van der Waals surface area contributed by atoms with Crippen LogP contribution in [0.1, 0.15) is 68.6 Å². The molecular weight excluding hydrogens is 730 g/mol. The van der Waals surface area contributed by atoms with Crippen LogP contribution in [0.4, 0.5) is 4.39 Å². The highest BCUT2D eigenvalue weighted by molar-refractivity contribution is 7.53. The Kier molecular flexibility index (Phi) is 12.0. The first-order valence-corrected chi connectivity index (χ1v) is 20.3. The van der Waals surface area contributed by atoms with Crippen LogP contribution in [0.25, 0.3) is 10.9 Å². The van der Waals surface area contributed by atoms with E-state index < -0.39 is 19.6 Å². The number of fused-ring (bicyclic) bond motifs is 2. The number of halogens is 1. The molecule has 286 valence electrons. The predicted molar refractivity (Wildman–Crippen MR) is 212 cm³/mol. The summed E-state index contributed by atoms with van der Waals surface area (Å²) >= 11 is 0. The van der Waals surface area contributed by atoms with Gasteiger partial charge < -0.3 is 23.6 Å². The zero-order valence-electron chi connectivity index (χ0n) is 31.2. The number of hydrogen-bond donors (Lipinski definition) is 0. The van der Waals surface area contributed by atoms with Crippen LogP contribution >= 0.6 is 7.60 Å². The summed E-state index contributed by atoms with van der Waals surface area (Å²) in [4.78, 5) is 42.4. The Hall–Kier alpha value is -5.74. The van der Waals surface area contributed by atoms with E-state index in [1.54, 1.807) is 66.4 Å². The molecule has 0 aliphatic carbocycles. The van der Waals surface area contributed by atoms with Crippen molar-refractivity contribution in [2.24, 2.45) is 0 Å². The van der Waals surface area contributed by atoms with Crippen molar-refractivity contribution in [1.82, 2.24) is 19.8 Å². The van der Waals surface area contributed by atoms with Crippen molar-refractivity contribution in [2.75, 3.05) is 25.9 Å². The van der Waals surface area contributed by atoms with Gasteiger partial charge in [0, 0.05) is 43.0 Å². The number of pyridine rings is 2. The molecule has 56 heavy (non-hydrogen) atoms. The Morgan fingerprint density at radius 1 is 0.839 bits per heavy atom. The first-order valence-electron chi connectivity index (χ1n) is 18.6. The lowest BCUT2D eigenvalue weighted by molar-refractivity contribution is 0.0739. The van der Waals surface area contributed by atoms with E-state index in [4.69, 9.17) is 18.8 Å². The van der Waals surface area contributed by atoms with E-state index >= 15 is 4.79 Å². The summed E-state index contributed by atoms with van der Waals surface area (Å²) in [5.74, 6) is -0.890. The molecule has 12 heteroatoms. The molecule has 1 aliphatic rings. The first-order chi connectivity index (χ1) is 27.3. The minimum Gasteiger partial charge on any atom is -0.478 e. The third kappa shape index (κ3) is 8.40. The smallest absolute Gasteiger partial charge is 0.332 e. The number of aromatic nitrogens is 2. The molecule has 0 spiro atoms. The Morgan fingerprint density at radius 3 is 2.11 bits per heavy atom. The Balaban J connectivity index is 1.39. The summed E-state index contributed by atoms with van der Waals surface area (Å²) < 4.78 is 45.8. The quantitative estimate of drug-likeness (QED) is 0.0897. The van der Waals surface area contributed by atoms with Gasteiger partial charge in [-0.3, -0.25) is 24.1 Å². The summed E-state index contributed by atoms with van der Waals surface area (Å²) in [6.45, 7) is 4.17. The molecule has 3 heterocycles. The van der Waals surface area contributed by atoms with Crippen molar-refractivity contribution in [2.45, 2.75) is 39.6 Å². The summed E-state index contributed by atoms with van der Waals surface area (Å²) in [5, 5.41) is 0.492. The fourth-order valence-corrected chi connectivity index (χ4v) is 8.64. The molecule has 2 amide bonds. The lowest BCUT2D eigenvalue weighted by Crippen LogP contribution is -2.34. The van der Waals surface area contributed by atoms with Gasteiger partial charge in [0.15, 0.2) is 5.75 Å². The lowest BCUT2D eigenvalue weighted by Gasteiger charge is -2.27. The molecule has 0 radical (unpaired) electrons. The third-order valence-electron chi connectivity index (χ3n) is 9.58. The van der Waals surface area contributed by atoms with Crippen LogP contribution in [0.15, 0.2) is 128 Å². The standard InChI is InChI=1S/C44H42FN4O6P/c1-3-53-56(52,54-4-2)27-26-48(29-35-18-11-12-24-46-35)43(50)38-36-19-13-25-47-40(36)42(55-41(32-14-7-5-8-15-32)33-16-9-6-10-17-33)39-37(38)30-49(44(39)51)28-31-20-22-34(45)23-21-31/h5-25,41H,3-4,26-30H2,1-2H3. The van der Waals surface area contributed by atoms with Crippen molar-refractivity contribution in [1.29, 1.82) is 0 Å². The summed E-state index contributed by atoms with van der Waals surface area (Å²) in [7, 11) is -3.55. The highest BCUT2D eigenvalue weighted by atomic mass is 31.2. The van der Waals surface area contributed by atoms with Gasteiger partial charge in [-0.05, 0) is 60.9 Å². The van der Waals surface area contributed by atoms with E-state index in [0.717, 1.165) is 16.7 Å². The normalized spacial score (nSPS) is 12.6. The highest BCUT2D eigenvalue weighted by Gasteiger charge is 2.40.